The number of hydrogen-bond donors (Lipinski definition) is 0. The average molecular weight is 363 g/mol. The van der Waals surface area contributed by atoms with Gasteiger partial charge in [-0.3, -0.25) is 4.31 Å². The number of hydrogen-bond acceptors (Lipinski definition) is 6. The molecule has 0 radical (unpaired) electrons. The van der Waals surface area contributed by atoms with Crippen molar-refractivity contribution in [3.63, 3.8) is 0 Å². The Bertz CT molecular complexity index is 878. The zero-order chi connectivity index (χ0) is 18.0. The number of ether oxygens (including phenoxy) is 3. The molecule has 132 valence electrons. The van der Waals surface area contributed by atoms with Gasteiger partial charge in [-0.2, -0.15) is 0 Å². The second kappa shape index (κ2) is 6.64. The SMILES string of the molecule is COC(=O)[C@H]1CN(S(=O)(=O)c2ccc(OC)cc2)c2ccccc2O1. The van der Waals surface area contributed by atoms with Crippen LogP contribution in [-0.4, -0.2) is 41.3 Å². The zero-order valence-corrected chi connectivity index (χ0v) is 14.5. The van der Waals surface area contributed by atoms with E-state index < -0.39 is 22.1 Å². The molecule has 0 saturated heterocycles. The summed E-state index contributed by atoms with van der Waals surface area (Å²) in [6.07, 6.45) is -1.03. The van der Waals surface area contributed by atoms with Crippen LogP contribution in [0.2, 0.25) is 0 Å². The third-order valence-electron chi connectivity index (χ3n) is 3.85. The standard InChI is InChI=1S/C17H17NO6S/c1-22-12-7-9-13(10-8-12)25(20,21)18-11-16(17(19)23-2)24-15-6-4-3-5-14(15)18/h3-10,16H,11H2,1-2H3/t16-/m1/s1. The molecule has 0 spiro atoms. The fraction of sp³-hybridized carbons (Fsp3) is 0.235. The Morgan fingerprint density at radius 3 is 2.44 bits per heavy atom. The van der Waals surface area contributed by atoms with Crippen LogP contribution < -0.4 is 13.8 Å². The van der Waals surface area contributed by atoms with Gasteiger partial charge in [0.1, 0.15) is 11.5 Å². The van der Waals surface area contributed by atoms with Crippen molar-refractivity contribution < 1.29 is 27.4 Å². The van der Waals surface area contributed by atoms with Crippen LogP contribution >= 0.6 is 0 Å². The summed E-state index contributed by atoms with van der Waals surface area (Å²) in [5.41, 5.74) is 0.374. The van der Waals surface area contributed by atoms with Crippen molar-refractivity contribution in [2.24, 2.45) is 0 Å². The van der Waals surface area contributed by atoms with Crippen LogP contribution in [0, 0.1) is 0 Å². The van der Waals surface area contributed by atoms with Gasteiger partial charge in [0, 0.05) is 0 Å². The molecule has 25 heavy (non-hydrogen) atoms. The summed E-state index contributed by atoms with van der Waals surface area (Å²) in [6.45, 7) is -0.169. The van der Waals surface area contributed by atoms with Crippen LogP contribution in [0.25, 0.3) is 0 Å². The molecule has 1 atom stereocenters. The zero-order valence-electron chi connectivity index (χ0n) is 13.7. The van der Waals surface area contributed by atoms with E-state index in [2.05, 4.69) is 0 Å². The smallest absolute Gasteiger partial charge is 0.348 e. The second-order valence-electron chi connectivity index (χ2n) is 5.31. The van der Waals surface area contributed by atoms with Crippen LogP contribution in [0.3, 0.4) is 0 Å². The summed E-state index contributed by atoms with van der Waals surface area (Å²) >= 11 is 0. The first kappa shape index (κ1) is 17.1. The molecule has 1 heterocycles. The minimum atomic E-state index is -3.89. The molecular weight excluding hydrogens is 346 g/mol. The van der Waals surface area contributed by atoms with Crippen molar-refractivity contribution in [1.82, 2.24) is 0 Å². The van der Waals surface area contributed by atoms with Gasteiger partial charge in [-0.15, -0.1) is 0 Å². The number of esters is 1. The molecule has 0 fully saturated rings. The second-order valence-corrected chi connectivity index (χ2v) is 7.17. The first-order chi connectivity index (χ1) is 12.0. The Labute approximate surface area is 145 Å². The topological polar surface area (TPSA) is 82.1 Å². The maximum absolute atomic E-state index is 13.1. The summed E-state index contributed by atoms with van der Waals surface area (Å²) < 4.78 is 42.7. The molecule has 0 unspecified atom stereocenters. The van der Waals surface area contributed by atoms with Crippen molar-refractivity contribution in [2.75, 3.05) is 25.1 Å². The van der Waals surface area contributed by atoms with Crippen molar-refractivity contribution in [3.8, 4) is 11.5 Å². The lowest BCUT2D eigenvalue weighted by Gasteiger charge is -2.34. The van der Waals surface area contributed by atoms with E-state index in [0.717, 1.165) is 4.31 Å². The first-order valence-corrected chi connectivity index (χ1v) is 8.91. The van der Waals surface area contributed by atoms with Gasteiger partial charge >= 0.3 is 5.97 Å². The number of methoxy groups -OCH3 is 2. The van der Waals surface area contributed by atoms with Gasteiger partial charge in [0.05, 0.1) is 31.3 Å². The van der Waals surface area contributed by atoms with Crippen LogP contribution in [0.1, 0.15) is 0 Å². The molecule has 3 rings (SSSR count). The van der Waals surface area contributed by atoms with E-state index in [1.807, 2.05) is 0 Å². The number of nitrogens with zero attached hydrogens (tertiary/aromatic N) is 1. The number of sulfonamides is 1. The normalized spacial score (nSPS) is 16.6. The number of carbonyl (C=O) groups is 1. The molecule has 7 nitrogen and oxygen atoms in total. The van der Waals surface area contributed by atoms with Crippen LogP contribution in [0.15, 0.2) is 53.4 Å². The molecule has 1 aliphatic rings. The van der Waals surface area contributed by atoms with Crippen molar-refractivity contribution in [1.29, 1.82) is 0 Å². The van der Waals surface area contributed by atoms with Crippen LogP contribution in [-0.2, 0) is 19.6 Å². The number of fused-ring (bicyclic) bond motifs is 1. The molecule has 0 aliphatic carbocycles. The predicted octanol–water partition coefficient (Wildman–Crippen LogP) is 1.82. The molecule has 0 amide bonds. The fourth-order valence-corrected chi connectivity index (χ4v) is 4.03. The lowest BCUT2D eigenvalue weighted by atomic mass is 10.2. The van der Waals surface area contributed by atoms with E-state index in [1.54, 1.807) is 36.4 Å². The molecule has 0 aromatic heterocycles. The Morgan fingerprint density at radius 2 is 1.80 bits per heavy atom. The van der Waals surface area contributed by atoms with Gasteiger partial charge in [-0.25, -0.2) is 13.2 Å². The Hall–Kier alpha value is -2.74. The molecule has 2 aromatic carbocycles. The summed E-state index contributed by atoms with van der Waals surface area (Å²) in [7, 11) is -1.15. The van der Waals surface area contributed by atoms with Crippen LogP contribution in [0.4, 0.5) is 5.69 Å². The third kappa shape index (κ3) is 3.12. The van der Waals surface area contributed by atoms with Gasteiger partial charge in [0.2, 0.25) is 6.10 Å². The number of anilines is 1. The van der Waals surface area contributed by atoms with Crippen molar-refractivity contribution in [2.45, 2.75) is 11.0 Å². The van der Waals surface area contributed by atoms with E-state index in [1.165, 1.54) is 26.4 Å². The molecular formula is C17H17NO6S. The van der Waals surface area contributed by atoms with E-state index >= 15 is 0 Å². The van der Waals surface area contributed by atoms with Gasteiger partial charge in [-0.1, -0.05) is 12.1 Å². The summed E-state index contributed by atoms with van der Waals surface area (Å²) in [5, 5.41) is 0. The highest BCUT2D eigenvalue weighted by molar-refractivity contribution is 7.92. The van der Waals surface area contributed by atoms with Gasteiger partial charge in [-0.05, 0) is 36.4 Å². The maximum atomic E-state index is 13.1. The average Bonchev–Trinajstić information content (AvgIpc) is 2.66. The monoisotopic (exact) mass is 363 g/mol. The molecule has 0 N–H and O–H groups in total. The van der Waals surface area contributed by atoms with Crippen LogP contribution in [0.5, 0.6) is 11.5 Å². The highest BCUT2D eigenvalue weighted by Gasteiger charge is 2.37. The van der Waals surface area contributed by atoms with Gasteiger partial charge in [0.15, 0.2) is 0 Å². The molecule has 8 heteroatoms. The minimum Gasteiger partial charge on any atom is -0.497 e. The predicted molar refractivity (Wildman–Crippen MR) is 90.4 cm³/mol. The van der Waals surface area contributed by atoms with E-state index in [4.69, 9.17) is 14.2 Å². The Balaban J connectivity index is 2.05. The van der Waals surface area contributed by atoms with Gasteiger partial charge < -0.3 is 14.2 Å². The summed E-state index contributed by atoms with van der Waals surface area (Å²) in [4.78, 5) is 12.0. The van der Waals surface area contributed by atoms with Gasteiger partial charge in [0.25, 0.3) is 10.0 Å². The number of para-hydroxylation sites is 2. The van der Waals surface area contributed by atoms with Crippen molar-refractivity contribution in [3.05, 3.63) is 48.5 Å². The first-order valence-electron chi connectivity index (χ1n) is 7.47. The lowest BCUT2D eigenvalue weighted by Crippen LogP contribution is -2.47. The van der Waals surface area contributed by atoms with E-state index in [0.29, 0.717) is 17.2 Å². The summed E-state index contributed by atoms with van der Waals surface area (Å²) in [5.74, 6) is 0.222. The van der Waals surface area contributed by atoms with Crippen molar-refractivity contribution >= 4 is 21.7 Å². The highest BCUT2D eigenvalue weighted by Crippen LogP contribution is 2.37. The molecule has 0 bridgehead atoms. The third-order valence-corrected chi connectivity index (χ3v) is 5.64. The molecule has 1 aliphatic heterocycles. The van der Waals surface area contributed by atoms with E-state index in [9.17, 15) is 13.2 Å². The Kier molecular flexibility index (Phi) is 4.54. The summed E-state index contributed by atoms with van der Waals surface area (Å²) in [6, 6.07) is 12.7. The molecule has 2 aromatic rings. The number of carbonyl (C=O) groups excluding carboxylic acids is 1. The lowest BCUT2D eigenvalue weighted by molar-refractivity contribution is -0.148. The van der Waals surface area contributed by atoms with E-state index in [-0.39, 0.29) is 11.4 Å². The highest BCUT2D eigenvalue weighted by atomic mass is 32.2. The number of rotatable bonds is 4. The fourth-order valence-electron chi connectivity index (χ4n) is 2.56. The number of benzene rings is 2. The Morgan fingerprint density at radius 1 is 1.12 bits per heavy atom. The quantitative estimate of drug-likeness (QED) is 0.771. The maximum Gasteiger partial charge on any atom is 0.348 e. The largest absolute Gasteiger partial charge is 0.497 e. The minimum absolute atomic E-state index is 0.0913. The molecule has 0 saturated carbocycles.